The molecule has 0 spiro atoms. The summed E-state index contributed by atoms with van der Waals surface area (Å²) in [5.74, 6) is 0.603. The average molecular weight is 294 g/mol. The molecule has 1 aliphatic rings. The number of nitrogens with zero attached hydrogens (tertiary/aromatic N) is 2. The van der Waals surface area contributed by atoms with Gasteiger partial charge in [-0.2, -0.15) is 0 Å². The van der Waals surface area contributed by atoms with E-state index in [0.29, 0.717) is 25.3 Å². The number of hydrogen-bond donors (Lipinski definition) is 2. The second-order valence-electron chi connectivity index (χ2n) is 5.45. The zero-order chi connectivity index (χ0) is 15.4. The van der Waals surface area contributed by atoms with Gasteiger partial charge in [0.2, 0.25) is 5.91 Å². The molecule has 1 aliphatic heterocycles. The third kappa shape index (κ3) is 3.74. The summed E-state index contributed by atoms with van der Waals surface area (Å²) in [6.07, 6.45) is 2.56. The third-order valence-corrected chi connectivity index (χ3v) is 3.76. The first-order chi connectivity index (χ1) is 9.99. The Morgan fingerprint density at radius 3 is 2.90 bits per heavy atom. The molecule has 7 heteroatoms. The minimum absolute atomic E-state index is 0.105. The summed E-state index contributed by atoms with van der Waals surface area (Å²) < 4.78 is 5.09. The second kappa shape index (κ2) is 6.60. The molecule has 0 radical (unpaired) electrons. The number of hydrogen-bond acceptors (Lipinski definition) is 4. The Bertz CT molecular complexity index is 507. The van der Waals surface area contributed by atoms with Crippen molar-refractivity contribution in [2.24, 2.45) is 0 Å². The van der Waals surface area contributed by atoms with Gasteiger partial charge in [0.1, 0.15) is 11.8 Å². The van der Waals surface area contributed by atoms with E-state index in [1.54, 1.807) is 7.05 Å². The molecular formula is C14H22N4O3. The van der Waals surface area contributed by atoms with E-state index in [2.05, 4.69) is 15.8 Å². The predicted molar refractivity (Wildman–Crippen MR) is 76.6 cm³/mol. The Kier molecular flexibility index (Phi) is 4.82. The number of aryl methyl sites for hydroxylation is 2. The van der Waals surface area contributed by atoms with Crippen LogP contribution in [0.5, 0.6) is 0 Å². The van der Waals surface area contributed by atoms with Gasteiger partial charge in [0.05, 0.1) is 12.2 Å². The van der Waals surface area contributed by atoms with Gasteiger partial charge >= 0.3 is 6.03 Å². The highest BCUT2D eigenvalue weighted by Gasteiger charge is 2.24. The van der Waals surface area contributed by atoms with Crippen molar-refractivity contribution >= 4 is 11.9 Å². The minimum atomic E-state index is -0.452. The van der Waals surface area contributed by atoms with Crippen molar-refractivity contribution in [1.29, 1.82) is 0 Å². The number of carbonyl (C=O) groups excluding carboxylic acids is 2. The largest absolute Gasteiger partial charge is 0.361 e. The molecule has 1 unspecified atom stereocenters. The monoisotopic (exact) mass is 294 g/mol. The number of nitrogens with one attached hydrogen (secondary N) is 2. The lowest BCUT2D eigenvalue weighted by molar-refractivity contribution is -0.122. The molecule has 1 aromatic heterocycles. The van der Waals surface area contributed by atoms with Crippen LogP contribution in [0.2, 0.25) is 0 Å². The van der Waals surface area contributed by atoms with Gasteiger partial charge in [0.15, 0.2) is 0 Å². The molecular weight excluding hydrogens is 272 g/mol. The van der Waals surface area contributed by atoms with E-state index in [9.17, 15) is 9.59 Å². The molecule has 1 aromatic rings. The smallest absolute Gasteiger partial charge is 0.318 e. The van der Waals surface area contributed by atoms with E-state index in [-0.39, 0.29) is 11.9 Å². The van der Waals surface area contributed by atoms with Crippen LogP contribution in [0.4, 0.5) is 4.79 Å². The second-order valence-corrected chi connectivity index (χ2v) is 5.45. The van der Waals surface area contributed by atoms with E-state index in [1.807, 2.05) is 13.8 Å². The van der Waals surface area contributed by atoms with Crippen LogP contribution in [0, 0.1) is 13.8 Å². The number of rotatable bonds is 3. The van der Waals surface area contributed by atoms with Crippen LogP contribution in [0.25, 0.3) is 0 Å². The maximum absolute atomic E-state index is 12.2. The fourth-order valence-electron chi connectivity index (χ4n) is 2.37. The number of aromatic nitrogens is 1. The first-order valence-corrected chi connectivity index (χ1v) is 7.20. The Labute approximate surface area is 124 Å². The molecule has 3 amide bonds. The van der Waals surface area contributed by atoms with Gasteiger partial charge < -0.3 is 20.1 Å². The molecule has 1 atom stereocenters. The molecule has 0 aromatic carbocycles. The molecule has 0 saturated carbocycles. The maximum Gasteiger partial charge on any atom is 0.318 e. The van der Waals surface area contributed by atoms with Gasteiger partial charge in [-0.1, -0.05) is 5.16 Å². The summed E-state index contributed by atoms with van der Waals surface area (Å²) in [5, 5.41) is 9.46. The lowest BCUT2D eigenvalue weighted by atomic mass is 10.1. The van der Waals surface area contributed by atoms with Crippen molar-refractivity contribution in [3.63, 3.8) is 0 Å². The van der Waals surface area contributed by atoms with E-state index in [4.69, 9.17) is 4.52 Å². The molecule has 116 valence electrons. The number of urea groups is 1. The van der Waals surface area contributed by atoms with Crippen LogP contribution in [0.15, 0.2) is 4.52 Å². The highest BCUT2D eigenvalue weighted by Crippen LogP contribution is 2.14. The highest BCUT2D eigenvalue weighted by atomic mass is 16.5. The average Bonchev–Trinajstić information content (AvgIpc) is 2.64. The summed E-state index contributed by atoms with van der Waals surface area (Å²) in [4.78, 5) is 25.6. The summed E-state index contributed by atoms with van der Waals surface area (Å²) >= 11 is 0. The summed E-state index contributed by atoms with van der Waals surface area (Å²) in [5.41, 5.74) is 1.68. The Morgan fingerprint density at radius 1 is 1.48 bits per heavy atom. The normalized spacial score (nSPS) is 18.8. The predicted octanol–water partition coefficient (Wildman–Crippen LogP) is 1.10. The summed E-state index contributed by atoms with van der Waals surface area (Å²) in [7, 11) is 1.69. The molecule has 2 rings (SSSR count). The Morgan fingerprint density at radius 2 is 2.24 bits per heavy atom. The topological polar surface area (TPSA) is 87.5 Å². The molecule has 2 heterocycles. The fraction of sp³-hybridized carbons (Fsp3) is 0.643. The summed E-state index contributed by atoms with van der Waals surface area (Å²) in [6.45, 7) is 4.75. The van der Waals surface area contributed by atoms with E-state index in [1.165, 1.54) is 4.90 Å². The van der Waals surface area contributed by atoms with Crippen molar-refractivity contribution in [3.05, 3.63) is 17.0 Å². The lowest BCUT2D eigenvalue weighted by Crippen LogP contribution is -2.49. The van der Waals surface area contributed by atoms with Crippen LogP contribution < -0.4 is 10.6 Å². The first-order valence-electron chi connectivity index (χ1n) is 7.20. The third-order valence-electron chi connectivity index (χ3n) is 3.76. The van der Waals surface area contributed by atoms with E-state index >= 15 is 0 Å². The summed E-state index contributed by atoms with van der Waals surface area (Å²) in [6, 6.07) is -0.718. The Hall–Kier alpha value is -2.05. The van der Waals surface area contributed by atoms with E-state index in [0.717, 1.165) is 24.1 Å². The van der Waals surface area contributed by atoms with Crippen molar-refractivity contribution in [3.8, 4) is 0 Å². The number of carbonyl (C=O) groups is 2. The van der Waals surface area contributed by atoms with Crippen LogP contribution in [0.3, 0.4) is 0 Å². The van der Waals surface area contributed by atoms with Crippen LogP contribution in [0.1, 0.15) is 36.3 Å². The van der Waals surface area contributed by atoms with Gasteiger partial charge in [-0.3, -0.25) is 4.79 Å². The Balaban J connectivity index is 1.94. The van der Waals surface area contributed by atoms with Crippen molar-refractivity contribution in [2.75, 3.05) is 13.6 Å². The van der Waals surface area contributed by atoms with Gasteiger partial charge in [-0.25, -0.2) is 4.79 Å². The van der Waals surface area contributed by atoms with Crippen LogP contribution in [-0.4, -0.2) is 41.6 Å². The molecule has 1 saturated heterocycles. The lowest BCUT2D eigenvalue weighted by Gasteiger charge is -2.21. The van der Waals surface area contributed by atoms with Crippen molar-refractivity contribution < 1.29 is 14.1 Å². The molecule has 0 bridgehead atoms. The van der Waals surface area contributed by atoms with Gasteiger partial charge in [-0.05, 0) is 33.1 Å². The minimum Gasteiger partial charge on any atom is -0.361 e. The standard InChI is InChI=1S/C14H22N4O3/c1-9-11(10(2)21-17-9)8-18(3)14(20)16-12-6-4-5-7-15-13(12)19/h12H,4-8H2,1-3H3,(H,15,19)(H,16,20). The molecule has 2 N–H and O–H groups in total. The zero-order valence-corrected chi connectivity index (χ0v) is 12.7. The van der Waals surface area contributed by atoms with Crippen molar-refractivity contribution in [1.82, 2.24) is 20.7 Å². The molecule has 0 aliphatic carbocycles. The SMILES string of the molecule is Cc1noc(C)c1CN(C)C(=O)NC1CCCCNC1=O. The van der Waals surface area contributed by atoms with Gasteiger partial charge in [-0.15, -0.1) is 0 Å². The quantitative estimate of drug-likeness (QED) is 0.874. The van der Waals surface area contributed by atoms with Crippen LogP contribution in [-0.2, 0) is 11.3 Å². The van der Waals surface area contributed by atoms with E-state index < -0.39 is 6.04 Å². The van der Waals surface area contributed by atoms with Gasteiger partial charge in [0.25, 0.3) is 0 Å². The zero-order valence-electron chi connectivity index (χ0n) is 12.7. The molecule has 21 heavy (non-hydrogen) atoms. The van der Waals surface area contributed by atoms with Crippen LogP contribution >= 0.6 is 0 Å². The maximum atomic E-state index is 12.2. The first kappa shape index (κ1) is 15.3. The van der Waals surface area contributed by atoms with Gasteiger partial charge in [0, 0.05) is 19.2 Å². The number of amides is 3. The molecule has 1 fully saturated rings. The van der Waals surface area contributed by atoms with Crippen molar-refractivity contribution in [2.45, 2.75) is 45.7 Å². The molecule has 7 nitrogen and oxygen atoms in total. The fourth-order valence-corrected chi connectivity index (χ4v) is 2.37. The highest BCUT2D eigenvalue weighted by molar-refractivity contribution is 5.87.